The van der Waals surface area contributed by atoms with Crippen LogP contribution in [0.25, 0.3) is 10.9 Å². The summed E-state index contributed by atoms with van der Waals surface area (Å²) in [6, 6.07) is 18.3. The number of rotatable bonds is 1. The molecule has 0 bridgehead atoms. The third-order valence-electron chi connectivity index (χ3n) is 5.63. The van der Waals surface area contributed by atoms with Crippen molar-refractivity contribution in [3.63, 3.8) is 0 Å². The van der Waals surface area contributed by atoms with Crippen LogP contribution in [-0.4, -0.2) is 29.0 Å². The maximum Gasteiger partial charge on any atom is 0.257 e. The Bertz CT molecular complexity index is 1090. The maximum atomic E-state index is 13.1. The molecule has 128 valence electrons. The van der Waals surface area contributed by atoms with E-state index in [-0.39, 0.29) is 18.6 Å². The third-order valence-corrected chi connectivity index (χ3v) is 5.63. The van der Waals surface area contributed by atoms with Crippen molar-refractivity contribution in [1.29, 1.82) is 5.26 Å². The van der Waals surface area contributed by atoms with E-state index >= 15 is 0 Å². The van der Waals surface area contributed by atoms with E-state index in [0.717, 1.165) is 28.9 Å². The standard InChI is InChI=1S/C21H18N4O/c1-23-17-8-4-3-7-16(17)21(26)25-12-10-15-14-6-2-5-9-18(14)24(13-11-22)19(15)20(23)25/h2-9,20H,10,12-13H2,1H3. The van der Waals surface area contributed by atoms with Crippen LogP contribution in [0.4, 0.5) is 5.69 Å². The molecule has 0 spiro atoms. The van der Waals surface area contributed by atoms with Crippen LogP contribution in [0.5, 0.6) is 0 Å². The molecule has 2 aromatic carbocycles. The van der Waals surface area contributed by atoms with Crippen molar-refractivity contribution in [3.05, 3.63) is 65.4 Å². The monoisotopic (exact) mass is 342 g/mol. The van der Waals surface area contributed by atoms with E-state index in [4.69, 9.17) is 0 Å². The lowest BCUT2D eigenvalue weighted by molar-refractivity contribution is 0.0630. The molecule has 5 rings (SSSR count). The highest BCUT2D eigenvalue weighted by molar-refractivity contribution is 6.02. The summed E-state index contributed by atoms with van der Waals surface area (Å²) in [6.07, 6.45) is 0.633. The van der Waals surface area contributed by atoms with Gasteiger partial charge in [-0.1, -0.05) is 30.3 Å². The lowest BCUT2D eigenvalue weighted by Crippen LogP contribution is -2.51. The van der Waals surface area contributed by atoms with Crippen LogP contribution in [0, 0.1) is 11.3 Å². The molecule has 0 N–H and O–H groups in total. The number of benzene rings is 2. The summed E-state index contributed by atoms with van der Waals surface area (Å²) in [5, 5.41) is 10.6. The fourth-order valence-electron chi connectivity index (χ4n) is 4.55. The minimum atomic E-state index is -0.179. The zero-order chi connectivity index (χ0) is 17.8. The average molecular weight is 342 g/mol. The molecule has 0 fully saturated rings. The molecule has 3 aromatic rings. The van der Waals surface area contributed by atoms with E-state index in [1.165, 1.54) is 10.9 Å². The second kappa shape index (κ2) is 5.37. The van der Waals surface area contributed by atoms with Crippen molar-refractivity contribution in [1.82, 2.24) is 9.47 Å². The predicted octanol–water partition coefficient (Wildman–Crippen LogP) is 3.31. The van der Waals surface area contributed by atoms with Gasteiger partial charge >= 0.3 is 0 Å². The van der Waals surface area contributed by atoms with Crippen LogP contribution in [0.3, 0.4) is 0 Å². The molecule has 0 aliphatic carbocycles. The summed E-state index contributed by atoms with van der Waals surface area (Å²) < 4.78 is 2.08. The number of nitrogens with zero attached hydrogens (tertiary/aromatic N) is 4. The van der Waals surface area contributed by atoms with Gasteiger partial charge in [0.15, 0.2) is 0 Å². The number of aromatic nitrogens is 1. The van der Waals surface area contributed by atoms with E-state index < -0.39 is 0 Å². The van der Waals surface area contributed by atoms with Crippen LogP contribution >= 0.6 is 0 Å². The van der Waals surface area contributed by atoms with Gasteiger partial charge in [-0.25, -0.2) is 0 Å². The van der Waals surface area contributed by atoms with Crippen molar-refractivity contribution in [3.8, 4) is 6.07 Å². The first-order valence-electron chi connectivity index (χ1n) is 8.82. The second-order valence-electron chi connectivity index (χ2n) is 6.88. The lowest BCUT2D eigenvalue weighted by atomic mass is 9.96. The summed E-state index contributed by atoms with van der Waals surface area (Å²) in [4.78, 5) is 17.2. The Balaban J connectivity index is 1.80. The molecule has 26 heavy (non-hydrogen) atoms. The SMILES string of the molecule is CN1c2ccccc2C(=O)N2CCc3c(n(CC#N)c4ccccc34)C21. The van der Waals surface area contributed by atoms with Gasteiger partial charge in [-0.2, -0.15) is 5.26 Å². The van der Waals surface area contributed by atoms with Crippen molar-refractivity contribution in [2.45, 2.75) is 19.1 Å². The average Bonchev–Trinajstić information content (AvgIpc) is 3.00. The number of anilines is 1. The number of hydrogen-bond acceptors (Lipinski definition) is 3. The van der Waals surface area contributed by atoms with Gasteiger partial charge in [-0.3, -0.25) is 4.79 Å². The van der Waals surface area contributed by atoms with E-state index in [2.05, 4.69) is 27.7 Å². The van der Waals surface area contributed by atoms with E-state index in [0.29, 0.717) is 6.54 Å². The lowest BCUT2D eigenvalue weighted by Gasteiger charge is -2.46. The Hall–Kier alpha value is -3.26. The number of nitriles is 1. The van der Waals surface area contributed by atoms with Gasteiger partial charge in [0, 0.05) is 24.5 Å². The van der Waals surface area contributed by atoms with Gasteiger partial charge in [-0.15, -0.1) is 0 Å². The van der Waals surface area contributed by atoms with Gasteiger partial charge in [0.1, 0.15) is 12.7 Å². The van der Waals surface area contributed by atoms with Gasteiger partial charge in [-0.05, 0) is 30.2 Å². The number of carbonyl (C=O) groups is 1. The highest BCUT2D eigenvalue weighted by Crippen LogP contribution is 2.44. The number of carbonyl (C=O) groups excluding carboxylic acids is 1. The van der Waals surface area contributed by atoms with Gasteiger partial charge < -0.3 is 14.4 Å². The summed E-state index contributed by atoms with van der Waals surface area (Å²) in [5.74, 6) is 0.0723. The highest BCUT2D eigenvalue weighted by atomic mass is 16.2. The topological polar surface area (TPSA) is 52.3 Å². The Morgan fingerprint density at radius 1 is 1.15 bits per heavy atom. The molecule has 1 atom stereocenters. The summed E-state index contributed by atoms with van der Waals surface area (Å²) in [6.45, 7) is 0.972. The second-order valence-corrected chi connectivity index (χ2v) is 6.88. The Morgan fingerprint density at radius 3 is 2.77 bits per heavy atom. The molecular weight excluding hydrogens is 324 g/mol. The first kappa shape index (κ1) is 15.0. The fraction of sp³-hybridized carbons (Fsp3) is 0.238. The van der Waals surface area contributed by atoms with Crippen LogP contribution in [0.15, 0.2) is 48.5 Å². The van der Waals surface area contributed by atoms with Crippen LogP contribution in [0.2, 0.25) is 0 Å². The molecule has 3 heterocycles. The molecule has 0 saturated carbocycles. The molecule has 2 aliphatic rings. The van der Waals surface area contributed by atoms with Crippen molar-refractivity contribution in [2.75, 3.05) is 18.5 Å². The van der Waals surface area contributed by atoms with Crippen molar-refractivity contribution in [2.24, 2.45) is 0 Å². The smallest absolute Gasteiger partial charge is 0.257 e. The quantitative estimate of drug-likeness (QED) is 0.682. The molecule has 1 amide bonds. The minimum absolute atomic E-state index is 0.0723. The number of fused-ring (bicyclic) bond motifs is 6. The molecule has 5 heteroatoms. The minimum Gasteiger partial charge on any atom is -0.349 e. The van der Waals surface area contributed by atoms with Crippen molar-refractivity contribution >= 4 is 22.5 Å². The summed E-state index contributed by atoms with van der Waals surface area (Å²) in [7, 11) is 2.03. The fourth-order valence-corrected chi connectivity index (χ4v) is 4.55. The number of amides is 1. The number of hydrogen-bond donors (Lipinski definition) is 0. The Morgan fingerprint density at radius 2 is 1.92 bits per heavy atom. The molecule has 0 radical (unpaired) electrons. The highest BCUT2D eigenvalue weighted by Gasteiger charge is 2.42. The molecule has 2 aliphatic heterocycles. The first-order chi connectivity index (χ1) is 12.7. The predicted molar refractivity (Wildman–Crippen MR) is 99.9 cm³/mol. The van der Waals surface area contributed by atoms with Crippen LogP contribution in [0.1, 0.15) is 27.8 Å². The summed E-state index contributed by atoms with van der Waals surface area (Å²) >= 11 is 0. The van der Waals surface area contributed by atoms with Gasteiger partial charge in [0.25, 0.3) is 5.91 Å². The first-order valence-corrected chi connectivity index (χ1v) is 8.82. The largest absolute Gasteiger partial charge is 0.349 e. The number of para-hydroxylation sites is 2. The van der Waals surface area contributed by atoms with Crippen LogP contribution < -0.4 is 4.90 Å². The van der Waals surface area contributed by atoms with Gasteiger partial charge in [0.2, 0.25) is 0 Å². The van der Waals surface area contributed by atoms with E-state index in [1.807, 2.05) is 48.3 Å². The van der Waals surface area contributed by atoms with E-state index in [9.17, 15) is 10.1 Å². The zero-order valence-corrected chi connectivity index (χ0v) is 14.5. The zero-order valence-electron chi connectivity index (χ0n) is 14.5. The Labute approximate surface area is 151 Å². The van der Waals surface area contributed by atoms with Crippen LogP contribution in [-0.2, 0) is 13.0 Å². The van der Waals surface area contributed by atoms with Crippen molar-refractivity contribution < 1.29 is 4.79 Å². The molecular formula is C21H18N4O. The normalized spacial score (nSPS) is 18.3. The Kier molecular flexibility index (Phi) is 3.10. The summed E-state index contributed by atoms with van der Waals surface area (Å²) in [5.41, 5.74) is 5.10. The molecule has 0 saturated heterocycles. The maximum absolute atomic E-state index is 13.1. The molecule has 1 unspecified atom stereocenters. The third kappa shape index (κ3) is 1.81. The molecule has 1 aromatic heterocycles. The van der Waals surface area contributed by atoms with Gasteiger partial charge in [0.05, 0.1) is 23.0 Å². The molecule has 5 nitrogen and oxygen atoms in total. The van der Waals surface area contributed by atoms with E-state index in [1.54, 1.807) is 0 Å².